The molecule has 1 aliphatic heterocycles. The van der Waals surface area contributed by atoms with E-state index in [0.29, 0.717) is 30.3 Å². The number of pyridine rings is 2. The van der Waals surface area contributed by atoms with Crippen LogP contribution in [0.2, 0.25) is 0 Å². The van der Waals surface area contributed by atoms with Crippen molar-refractivity contribution in [2.24, 2.45) is 0 Å². The van der Waals surface area contributed by atoms with E-state index in [-0.39, 0.29) is 90.0 Å². The molecule has 0 amide bonds. The zero-order valence-corrected chi connectivity index (χ0v) is 33.7. The number of aryl methyl sites for hydroxylation is 2. The number of hydrogen-bond donors (Lipinski definition) is 2. The van der Waals surface area contributed by atoms with Gasteiger partial charge in [-0.05, 0) is 70.7 Å². The number of ketones is 1. The van der Waals surface area contributed by atoms with Crippen LogP contribution >= 0.6 is 0 Å². The van der Waals surface area contributed by atoms with Crippen LogP contribution in [0.4, 0.5) is 29.0 Å². The van der Waals surface area contributed by atoms with Gasteiger partial charge in [0.05, 0.1) is 30.3 Å². The molecule has 1 aliphatic rings. The highest BCUT2D eigenvalue weighted by molar-refractivity contribution is 5.91. The van der Waals surface area contributed by atoms with E-state index in [9.17, 15) is 19.7 Å². The van der Waals surface area contributed by atoms with Crippen molar-refractivity contribution in [2.75, 3.05) is 41.0 Å². The molecule has 5 rings (SSSR count). The van der Waals surface area contributed by atoms with E-state index in [2.05, 4.69) is 36.8 Å². The first kappa shape index (κ1) is 51.8. The highest BCUT2D eigenvalue weighted by Gasteiger charge is 2.31. The molecule has 0 bridgehead atoms. The van der Waals surface area contributed by atoms with Gasteiger partial charge in [-0.15, -0.1) is 0 Å². The predicted molar refractivity (Wildman–Crippen MR) is 235 cm³/mol. The normalized spacial score (nSPS) is 12.4. The van der Waals surface area contributed by atoms with Crippen molar-refractivity contribution < 1.29 is 28.7 Å². The molecule has 0 aromatic carbocycles. The second-order valence-corrected chi connectivity index (χ2v) is 13.8. The minimum Gasteiger partial charge on any atom is -0.465 e. The number of carbonyl (C=O) groups is 2. The van der Waals surface area contributed by atoms with Crippen LogP contribution in [-0.2, 0) is 33.8 Å². The zero-order chi connectivity index (χ0) is 41.6. The molecule has 18 nitrogen and oxygen atoms in total. The van der Waals surface area contributed by atoms with E-state index >= 15 is 0 Å². The lowest BCUT2D eigenvalue weighted by molar-refractivity contribution is -0.383. The fourth-order valence-electron chi connectivity index (χ4n) is 5.99. The van der Waals surface area contributed by atoms with Crippen LogP contribution in [0.3, 0.4) is 0 Å². The Labute approximate surface area is 354 Å². The summed E-state index contributed by atoms with van der Waals surface area (Å²) in [6, 6.07) is 7.77. The number of aromatic nitrogens is 6. The SMILES string of the molecule is C.C.C.CCCC(C)Oc1nc(N)c([N+](=O)[O-])c(N(CC(=O)OCC)Cc2ccc(C)nc2)n1.CCCC(C)Oc1nc(N)c2c(n1)N(Cc1ccc(C)nc1)CC(=O)C2. The number of esters is 1. The van der Waals surface area contributed by atoms with Crippen molar-refractivity contribution in [1.29, 1.82) is 0 Å². The Bertz CT molecular complexity index is 1980. The van der Waals surface area contributed by atoms with E-state index in [4.69, 9.17) is 25.7 Å². The Kier molecular flexibility index (Phi) is 21.3. The number of anilines is 4. The van der Waals surface area contributed by atoms with Crippen LogP contribution in [0, 0.1) is 24.0 Å². The number of nitrogens with zero attached hydrogens (tertiary/aromatic N) is 9. The summed E-state index contributed by atoms with van der Waals surface area (Å²) in [5.74, 6) is 0.0660. The number of Topliss-reactive ketones (excluding diaryl/α,β-unsaturated/α-hetero) is 1. The summed E-state index contributed by atoms with van der Waals surface area (Å²) in [5, 5.41) is 11.7. The minimum absolute atomic E-state index is 0. The Balaban J connectivity index is 0.000000578. The first-order valence-corrected chi connectivity index (χ1v) is 19.0. The van der Waals surface area contributed by atoms with E-state index in [1.54, 1.807) is 13.1 Å². The molecule has 0 radical (unpaired) electrons. The summed E-state index contributed by atoms with van der Waals surface area (Å²) in [6.45, 7) is 14.3. The van der Waals surface area contributed by atoms with Gasteiger partial charge in [-0.1, -0.05) is 61.1 Å². The minimum atomic E-state index is -0.671. The van der Waals surface area contributed by atoms with Gasteiger partial charge in [0.2, 0.25) is 11.6 Å². The fourth-order valence-corrected chi connectivity index (χ4v) is 5.99. The van der Waals surface area contributed by atoms with E-state index < -0.39 is 16.6 Å². The van der Waals surface area contributed by atoms with Crippen molar-refractivity contribution in [3.63, 3.8) is 0 Å². The monoisotopic (exact) mass is 836 g/mol. The number of hydrogen-bond acceptors (Lipinski definition) is 17. The fraction of sp³-hybridized carbons (Fsp3) is 0.524. The smallest absolute Gasteiger partial charge is 0.353 e. The lowest BCUT2D eigenvalue weighted by Crippen LogP contribution is -2.37. The quantitative estimate of drug-likeness (QED) is 0.0608. The predicted octanol–water partition coefficient (Wildman–Crippen LogP) is 7.18. The molecule has 0 spiro atoms. The maximum Gasteiger partial charge on any atom is 0.353 e. The molecule has 60 heavy (non-hydrogen) atoms. The first-order valence-electron chi connectivity index (χ1n) is 19.0. The summed E-state index contributed by atoms with van der Waals surface area (Å²) >= 11 is 0. The van der Waals surface area contributed by atoms with Gasteiger partial charge in [0.15, 0.2) is 5.78 Å². The van der Waals surface area contributed by atoms with Gasteiger partial charge in [0.25, 0.3) is 0 Å². The van der Waals surface area contributed by atoms with Crippen LogP contribution < -0.4 is 30.7 Å². The Morgan fingerprint density at radius 2 is 1.42 bits per heavy atom. The Hall–Kier alpha value is -6.20. The number of ether oxygens (including phenoxy) is 3. The molecule has 0 saturated carbocycles. The molecule has 5 heterocycles. The molecule has 4 N–H and O–H groups in total. The molecular formula is C42H65N11O7. The molecule has 0 fully saturated rings. The van der Waals surface area contributed by atoms with Gasteiger partial charge in [-0.3, -0.25) is 29.7 Å². The molecule has 4 aromatic rings. The van der Waals surface area contributed by atoms with Gasteiger partial charge in [0, 0.05) is 48.9 Å². The molecular weight excluding hydrogens is 771 g/mol. The van der Waals surface area contributed by atoms with Crippen LogP contribution in [0.25, 0.3) is 0 Å². The summed E-state index contributed by atoms with van der Waals surface area (Å²) < 4.78 is 16.6. The first-order chi connectivity index (χ1) is 27.2. The van der Waals surface area contributed by atoms with E-state index in [1.165, 1.54) is 4.90 Å². The lowest BCUT2D eigenvalue weighted by Gasteiger charge is -2.30. The molecule has 2 atom stereocenters. The third-order valence-electron chi connectivity index (χ3n) is 8.71. The summed E-state index contributed by atoms with van der Waals surface area (Å²) in [6.07, 6.45) is 7.07. The average molecular weight is 836 g/mol. The summed E-state index contributed by atoms with van der Waals surface area (Å²) in [5.41, 5.74) is 15.7. The summed E-state index contributed by atoms with van der Waals surface area (Å²) in [7, 11) is 0. The molecule has 330 valence electrons. The van der Waals surface area contributed by atoms with Gasteiger partial charge < -0.3 is 35.5 Å². The van der Waals surface area contributed by atoms with Crippen molar-refractivity contribution in [2.45, 2.75) is 128 Å². The second kappa shape index (κ2) is 24.7. The number of nitrogen functional groups attached to an aromatic ring is 2. The molecule has 18 heteroatoms. The van der Waals surface area contributed by atoms with Crippen LogP contribution in [-0.4, -0.2) is 78.5 Å². The van der Waals surface area contributed by atoms with Crippen molar-refractivity contribution in [1.82, 2.24) is 29.9 Å². The van der Waals surface area contributed by atoms with Gasteiger partial charge in [-0.25, -0.2) is 0 Å². The van der Waals surface area contributed by atoms with Gasteiger partial charge >= 0.3 is 23.7 Å². The molecule has 4 aromatic heterocycles. The zero-order valence-electron chi connectivity index (χ0n) is 33.7. The number of nitrogens with two attached hydrogens (primary N) is 2. The molecule has 0 saturated heterocycles. The van der Waals surface area contributed by atoms with E-state index in [1.807, 2.05) is 70.0 Å². The van der Waals surface area contributed by atoms with Gasteiger partial charge in [0.1, 0.15) is 18.2 Å². The topological polar surface area (TPSA) is 241 Å². The largest absolute Gasteiger partial charge is 0.465 e. The third-order valence-corrected chi connectivity index (χ3v) is 8.71. The maximum absolute atomic E-state index is 12.2. The number of rotatable bonds is 17. The maximum atomic E-state index is 12.2. The Morgan fingerprint density at radius 1 is 0.867 bits per heavy atom. The van der Waals surface area contributed by atoms with Crippen molar-refractivity contribution in [3.8, 4) is 12.0 Å². The van der Waals surface area contributed by atoms with Crippen molar-refractivity contribution in [3.05, 3.63) is 74.9 Å². The average Bonchev–Trinajstić information content (AvgIpc) is 3.14. The molecule has 0 aliphatic carbocycles. The van der Waals surface area contributed by atoms with Crippen molar-refractivity contribution >= 4 is 40.7 Å². The van der Waals surface area contributed by atoms with Crippen LogP contribution in [0.5, 0.6) is 12.0 Å². The van der Waals surface area contributed by atoms with Crippen LogP contribution in [0.1, 0.15) is 111 Å². The van der Waals surface area contributed by atoms with E-state index in [0.717, 1.165) is 48.2 Å². The lowest BCUT2D eigenvalue weighted by atomic mass is 10.0. The summed E-state index contributed by atoms with van der Waals surface area (Å²) in [4.78, 5) is 64.4. The number of nitro groups is 1. The second-order valence-electron chi connectivity index (χ2n) is 13.8. The highest BCUT2D eigenvalue weighted by atomic mass is 16.6. The third kappa shape index (κ3) is 14.9. The van der Waals surface area contributed by atoms with Crippen LogP contribution in [0.15, 0.2) is 36.7 Å². The number of fused-ring (bicyclic) bond motifs is 1. The molecule has 2 unspecified atom stereocenters. The number of carbonyl (C=O) groups excluding carboxylic acids is 2. The standard InChI is InChI=1S/C20H28N6O5.C19H25N5O2.3CH4/c1-5-7-14(4)31-20-23-18(21)17(26(28)29)19(24-20)25(12-16(27)30-6-2)11-15-9-8-13(3)22-10-15;1-4-5-13(3)26-19-22-17(20)16-8-15(25)11-24(18(16)23-19)10-14-7-6-12(2)21-9-14;;;/h8-10,14H,5-7,11-12H2,1-4H3,(H2,21,23,24);6-7,9,13H,4-5,8,10-11H2,1-3H3,(H2,20,22,23);3*1H4. The highest BCUT2D eigenvalue weighted by Crippen LogP contribution is 2.34. The Morgan fingerprint density at radius 3 is 1.93 bits per heavy atom. The van der Waals surface area contributed by atoms with Gasteiger partial charge in [-0.2, -0.15) is 19.9 Å².